The molecule has 2 aliphatic heterocycles. The Hall–Kier alpha value is -4.85. The number of aromatic nitrogens is 1. The van der Waals surface area contributed by atoms with Crippen LogP contribution in [0.4, 0.5) is 13.2 Å². The summed E-state index contributed by atoms with van der Waals surface area (Å²) in [5.41, 5.74) is 4.91. The summed E-state index contributed by atoms with van der Waals surface area (Å²) >= 11 is 7.12. The van der Waals surface area contributed by atoms with Crippen LogP contribution in [0.25, 0.3) is 22.4 Å². The minimum atomic E-state index is -4.71. The van der Waals surface area contributed by atoms with E-state index in [9.17, 15) is 27.9 Å². The number of alkyl halides is 3. The Morgan fingerprint density at radius 3 is 2.47 bits per heavy atom. The number of carbonyl (C=O) groups excluding carboxylic acids is 1. The highest BCUT2D eigenvalue weighted by atomic mass is 35.5. The third-order valence-electron chi connectivity index (χ3n) is 10.7. The van der Waals surface area contributed by atoms with Crippen molar-refractivity contribution < 1.29 is 42.1 Å². The highest BCUT2D eigenvalue weighted by Crippen LogP contribution is 2.47. The molecule has 14 heteroatoms. The summed E-state index contributed by atoms with van der Waals surface area (Å²) in [7, 11) is 2.96. The molecule has 3 atom stereocenters. The monoisotopic (exact) mass is 778 g/mol. The van der Waals surface area contributed by atoms with Crippen LogP contribution in [0.2, 0.25) is 5.02 Å². The minimum absolute atomic E-state index is 0.0689. The molecule has 1 amide bonds. The highest BCUT2D eigenvalue weighted by Gasteiger charge is 2.38. The van der Waals surface area contributed by atoms with Crippen molar-refractivity contribution in [3.63, 3.8) is 0 Å². The van der Waals surface area contributed by atoms with E-state index in [-0.39, 0.29) is 36.5 Å². The van der Waals surface area contributed by atoms with E-state index in [4.69, 9.17) is 30.8 Å². The van der Waals surface area contributed by atoms with Crippen molar-refractivity contribution in [3.05, 3.63) is 93.5 Å². The third-order valence-corrected chi connectivity index (χ3v) is 11.1. The average molecular weight is 779 g/mol. The molecule has 0 radical (unpaired) electrons. The second-order valence-corrected chi connectivity index (χ2v) is 14.6. The first-order valence-corrected chi connectivity index (χ1v) is 18.7. The van der Waals surface area contributed by atoms with Gasteiger partial charge in [0.25, 0.3) is 0 Å². The van der Waals surface area contributed by atoms with Crippen LogP contribution in [0, 0.1) is 5.92 Å². The van der Waals surface area contributed by atoms with Crippen LogP contribution in [0.15, 0.2) is 60.7 Å². The van der Waals surface area contributed by atoms with Crippen LogP contribution in [0.5, 0.6) is 17.4 Å². The van der Waals surface area contributed by atoms with Crippen LogP contribution in [-0.2, 0) is 35.3 Å². The molecular formula is C41H42ClF3N4O6. The molecule has 4 aromatic rings. The number of amides is 1. The van der Waals surface area contributed by atoms with Crippen molar-refractivity contribution >= 4 is 23.5 Å². The van der Waals surface area contributed by atoms with E-state index < -0.39 is 29.7 Å². The van der Waals surface area contributed by atoms with Gasteiger partial charge in [0.15, 0.2) is 0 Å². The predicted octanol–water partition coefficient (Wildman–Crippen LogP) is 7.45. The highest BCUT2D eigenvalue weighted by molar-refractivity contribution is 6.36. The summed E-state index contributed by atoms with van der Waals surface area (Å²) in [6.07, 6.45) is -2.57. The van der Waals surface area contributed by atoms with Crippen molar-refractivity contribution in [2.24, 2.45) is 5.92 Å². The van der Waals surface area contributed by atoms with E-state index >= 15 is 0 Å². The number of hydrogen-bond acceptors (Lipinski definition) is 8. The number of pyridine rings is 1. The maximum absolute atomic E-state index is 14.6. The van der Waals surface area contributed by atoms with Crippen LogP contribution >= 0.6 is 11.6 Å². The summed E-state index contributed by atoms with van der Waals surface area (Å²) < 4.78 is 61.1. The molecule has 2 saturated heterocycles. The van der Waals surface area contributed by atoms with E-state index in [0.717, 1.165) is 40.3 Å². The minimum Gasteiger partial charge on any atom is -0.496 e. The lowest BCUT2D eigenvalue weighted by atomic mass is 9.94. The summed E-state index contributed by atoms with van der Waals surface area (Å²) in [4.78, 5) is 29.6. The number of fused-ring (bicyclic) bond motifs is 1. The van der Waals surface area contributed by atoms with Crippen LogP contribution in [0.3, 0.4) is 0 Å². The molecule has 290 valence electrons. The first-order chi connectivity index (χ1) is 26.4. The van der Waals surface area contributed by atoms with Gasteiger partial charge in [-0.1, -0.05) is 54.1 Å². The van der Waals surface area contributed by atoms with Gasteiger partial charge in [-0.2, -0.15) is 13.2 Å². The number of halogens is 4. The lowest BCUT2D eigenvalue weighted by Gasteiger charge is -2.23. The molecule has 55 heavy (non-hydrogen) atoms. The largest absolute Gasteiger partial charge is 0.496 e. The van der Waals surface area contributed by atoms with Crippen molar-refractivity contribution in [2.75, 3.05) is 33.9 Å². The van der Waals surface area contributed by atoms with Gasteiger partial charge in [-0.3, -0.25) is 14.5 Å². The van der Waals surface area contributed by atoms with E-state index in [1.807, 2.05) is 53.4 Å². The molecule has 2 fully saturated rings. The number of nitrogens with one attached hydrogen (secondary N) is 2. The number of methoxy groups -OCH3 is 2. The fourth-order valence-corrected chi connectivity index (χ4v) is 8.21. The Kier molecular flexibility index (Phi) is 11.2. The van der Waals surface area contributed by atoms with E-state index in [1.165, 1.54) is 13.2 Å². The van der Waals surface area contributed by atoms with Gasteiger partial charge in [0.2, 0.25) is 11.8 Å². The Labute approximate surface area is 321 Å². The molecule has 3 N–H and O–H groups in total. The van der Waals surface area contributed by atoms with Gasteiger partial charge in [0.05, 0.1) is 36.4 Å². The SMILES string of the molecule is COc1cc(O[C@H]2CCc3c(-c4cccc(-c5ccc(CNC[C@@H]6CCC(=O)N6)c(OC)n5)c4Cl)cccc32)c(C(F)(F)F)cc1CN1CC[C@H](C(=O)O)C1. The topological polar surface area (TPSA) is 122 Å². The number of rotatable bonds is 13. The molecule has 0 saturated carbocycles. The third kappa shape index (κ3) is 8.24. The van der Waals surface area contributed by atoms with E-state index in [1.54, 1.807) is 7.11 Å². The number of hydrogen-bond donors (Lipinski definition) is 3. The molecule has 10 nitrogen and oxygen atoms in total. The zero-order valence-electron chi connectivity index (χ0n) is 30.5. The number of aliphatic carboxylic acids is 1. The number of carbonyl (C=O) groups is 2. The molecule has 1 aliphatic carbocycles. The molecule has 0 spiro atoms. The lowest BCUT2D eigenvalue weighted by Crippen LogP contribution is -2.35. The molecule has 3 heterocycles. The Morgan fingerprint density at radius 1 is 0.982 bits per heavy atom. The van der Waals surface area contributed by atoms with Gasteiger partial charge >= 0.3 is 12.1 Å². The molecule has 0 unspecified atom stereocenters. The Morgan fingerprint density at radius 2 is 1.76 bits per heavy atom. The lowest BCUT2D eigenvalue weighted by molar-refractivity contribution is -0.141. The fourth-order valence-electron chi connectivity index (χ4n) is 7.88. The van der Waals surface area contributed by atoms with Gasteiger partial charge in [-0.05, 0) is 61.1 Å². The smallest absolute Gasteiger partial charge is 0.419 e. The van der Waals surface area contributed by atoms with E-state index in [2.05, 4.69) is 10.6 Å². The van der Waals surface area contributed by atoms with Crippen molar-refractivity contribution in [3.8, 4) is 39.8 Å². The summed E-state index contributed by atoms with van der Waals surface area (Å²) in [6.45, 7) is 1.99. The fraction of sp³-hybridized carbons (Fsp3) is 0.390. The standard InChI is InChI=1S/C41H42ClF3N4O6/c1-53-35-18-36(32(41(43,44)45)17-25(35)22-49-16-15-24(21-49)40(51)52)55-34-13-11-28-27(5-3-6-29(28)34)30-7-4-8-31(38(30)42)33-12-9-23(39(48-33)54-2)19-46-20-26-10-14-37(50)47-26/h3-9,12,17-18,24,26,34,46H,10-11,13-16,19-22H2,1-2H3,(H,47,50)(H,51,52)/t24-,26-,34-/m0/s1. The quantitative estimate of drug-likeness (QED) is 0.127. The van der Waals surface area contributed by atoms with Crippen molar-refractivity contribution in [1.29, 1.82) is 0 Å². The first-order valence-electron chi connectivity index (χ1n) is 18.3. The average Bonchev–Trinajstić information content (AvgIpc) is 3.92. The van der Waals surface area contributed by atoms with Gasteiger partial charge < -0.3 is 30.0 Å². The van der Waals surface area contributed by atoms with Crippen LogP contribution in [0.1, 0.15) is 59.6 Å². The predicted molar refractivity (Wildman–Crippen MR) is 200 cm³/mol. The Bertz CT molecular complexity index is 2100. The second-order valence-electron chi connectivity index (χ2n) is 14.2. The van der Waals surface area contributed by atoms with E-state index in [0.29, 0.717) is 73.0 Å². The van der Waals surface area contributed by atoms with Gasteiger partial charge in [0, 0.05) is 67.0 Å². The number of carboxylic acid groups (broad SMARTS) is 1. The molecule has 0 bridgehead atoms. The first kappa shape index (κ1) is 38.4. The second kappa shape index (κ2) is 16.1. The number of benzene rings is 3. The Balaban J connectivity index is 1.12. The maximum Gasteiger partial charge on any atom is 0.419 e. The molecule has 3 aliphatic rings. The normalized spacial score (nSPS) is 19.7. The molecule has 3 aromatic carbocycles. The summed E-state index contributed by atoms with van der Waals surface area (Å²) in [5, 5.41) is 16.2. The maximum atomic E-state index is 14.6. The molecule has 1 aromatic heterocycles. The number of likely N-dealkylation sites (tertiary alicyclic amines) is 1. The zero-order chi connectivity index (χ0) is 38.9. The number of nitrogens with zero attached hydrogens (tertiary/aromatic N) is 2. The van der Waals surface area contributed by atoms with Crippen LogP contribution < -0.4 is 24.8 Å². The molecular weight excluding hydrogens is 737 g/mol. The number of carboxylic acids is 1. The van der Waals surface area contributed by atoms with Gasteiger partial charge in [0.1, 0.15) is 17.6 Å². The van der Waals surface area contributed by atoms with Crippen molar-refractivity contribution in [1.82, 2.24) is 20.5 Å². The molecule has 7 rings (SSSR count). The van der Waals surface area contributed by atoms with Gasteiger partial charge in [-0.25, -0.2) is 4.98 Å². The number of ether oxygens (including phenoxy) is 3. The van der Waals surface area contributed by atoms with Crippen LogP contribution in [-0.4, -0.2) is 66.8 Å². The van der Waals surface area contributed by atoms with Gasteiger partial charge in [-0.15, -0.1) is 0 Å². The van der Waals surface area contributed by atoms with Crippen molar-refractivity contribution in [2.45, 2.75) is 63.5 Å². The summed E-state index contributed by atoms with van der Waals surface area (Å²) in [5.74, 6) is -1.03. The summed E-state index contributed by atoms with van der Waals surface area (Å²) in [6, 6.07) is 17.6. The zero-order valence-corrected chi connectivity index (χ0v) is 31.2.